The number of rotatable bonds is 7. The molecule has 0 aromatic heterocycles. The van der Waals surface area contributed by atoms with E-state index in [1.54, 1.807) is 24.3 Å². The summed E-state index contributed by atoms with van der Waals surface area (Å²) >= 11 is 0. The van der Waals surface area contributed by atoms with Crippen LogP contribution in [0, 0.1) is 0 Å². The van der Waals surface area contributed by atoms with Gasteiger partial charge in [-0.1, -0.05) is 55.5 Å². The van der Waals surface area contributed by atoms with Crippen molar-refractivity contribution in [2.24, 2.45) is 0 Å². The summed E-state index contributed by atoms with van der Waals surface area (Å²) in [5.41, 5.74) is 1.10. The van der Waals surface area contributed by atoms with Crippen molar-refractivity contribution in [3.05, 3.63) is 90.5 Å². The Labute approximate surface area is 154 Å². The maximum atomic E-state index is 12.5. The monoisotopic (exact) mass is 367 g/mol. The first-order valence-corrected chi connectivity index (χ1v) is 9.90. The van der Waals surface area contributed by atoms with E-state index in [2.05, 4.69) is 4.72 Å². The molecule has 3 rings (SSSR count). The topological polar surface area (TPSA) is 55.4 Å². The van der Waals surface area contributed by atoms with Gasteiger partial charge in [0.1, 0.15) is 11.5 Å². The first kappa shape index (κ1) is 18.2. The van der Waals surface area contributed by atoms with Crippen LogP contribution in [0.5, 0.6) is 11.5 Å². The third-order valence-electron chi connectivity index (χ3n) is 4.06. The Morgan fingerprint density at radius 2 is 1.35 bits per heavy atom. The Balaban J connectivity index is 1.64. The van der Waals surface area contributed by atoms with Gasteiger partial charge in [0.25, 0.3) is 0 Å². The molecule has 0 fully saturated rings. The zero-order valence-corrected chi connectivity index (χ0v) is 15.3. The van der Waals surface area contributed by atoms with E-state index in [1.165, 1.54) is 0 Å². The van der Waals surface area contributed by atoms with Gasteiger partial charge in [0.2, 0.25) is 10.0 Å². The van der Waals surface area contributed by atoms with Crippen LogP contribution >= 0.6 is 0 Å². The molecule has 3 aromatic carbocycles. The fraction of sp³-hybridized carbons (Fsp3) is 0.143. The summed E-state index contributed by atoms with van der Waals surface area (Å²) in [6, 6.07) is 25.6. The molecule has 3 aromatic rings. The van der Waals surface area contributed by atoms with Crippen molar-refractivity contribution in [1.29, 1.82) is 0 Å². The van der Waals surface area contributed by atoms with Gasteiger partial charge in [-0.3, -0.25) is 0 Å². The van der Waals surface area contributed by atoms with Crippen molar-refractivity contribution in [3.8, 4) is 11.5 Å². The highest BCUT2D eigenvalue weighted by Crippen LogP contribution is 2.23. The van der Waals surface area contributed by atoms with E-state index >= 15 is 0 Å². The summed E-state index contributed by atoms with van der Waals surface area (Å²) < 4.78 is 33.3. The molecule has 1 atom stereocenters. The summed E-state index contributed by atoms with van der Waals surface area (Å²) in [5.74, 6) is 1.39. The standard InChI is InChI=1S/C21H21NO3S/c1-17(18-8-4-2-5-9-18)16-22-26(23,24)21-14-12-20(13-15-21)25-19-10-6-3-7-11-19/h2-15,17,22H,16H2,1H3. The summed E-state index contributed by atoms with van der Waals surface area (Å²) in [6.07, 6.45) is 0. The van der Waals surface area contributed by atoms with Crippen molar-refractivity contribution in [2.75, 3.05) is 6.54 Å². The molecule has 0 saturated heterocycles. The third kappa shape index (κ3) is 4.71. The van der Waals surface area contributed by atoms with E-state index < -0.39 is 10.0 Å². The minimum atomic E-state index is -3.56. The average molecular weight is 367 g/mol. The highest BCUT2D eigenvalue weighted by molar-refractivity contribution is 7.89. The molecule has 0 saturated carbocycles. The Kier molecular flexibility index (Phi) is 5.71. The smallest absolute Gasteiger partial charge is 0.240 e. The number of sulfonamides is 1. The van der Waals surface area contributed by atoms with Crippen molar-refractivity contribution in [1.82, 2.24) is 4.72 Å². The van der Waals surface area contributed by atoms with Crippen LogP contribution in [0.15, 0.2) is 89.8 Å². The summed E-state index contributed by atoms with van der Waals surface area (Å²) in [5, 5.41) is 0. The molecule has 4 nitrogen and oxygen atoms in total. The van der Waals surface area contributed by atoms with E-state index in [0.29, 0.717) is 18.0 Å². The zero-order chi connectivity index (χ0) is 18.4. The lowest BCUT2D eigenvalue weighted by Gasteiger charge is -2.13. The molecule has 5 heteroatoms. The van der Waals surface area contributed by atoms with Crippen LogP contribution in [0.25, 0.3) is 0 Å². The van der Waals surface area contributed by atoms with E-state index in [4.69, 9.17) is 4.74 Å². The lowest BCUT2D eigenvalue weighted by molar-refractivity contribution is 0.482. The number of hydrogen-bond donors (Lipinski definition) is 1. The van der Waals surface area contributed by atoms with Crippen LogP contribution in [0.4, 0.5) is 0 Å². The second-order valence-electron chi connectivity index (χ2n) is 6.05. The first-order chi connectivity index (χ1) is 12.5. The molecule has 0 aliphatic heterocycles. The van der Waals surface area contributed by atoms with Crippen molar-refractivity contribution in [3.63, 3.8) is 0 Å². The SMILES string of the molecule is CC(CNS(=O)(=O)c1ccc(Oc2ccccc2)cc1)c1ccccc1. The first-order valence-electron chi connectivity index (χ1n) is 8.42. The van der Waals surface area contributed by atoms with Gasteiger partial charge in [0.05, 0.1) is 4.90 Å². The van der Waals surface area contributed by atoms with Gasteiger partial charge in [0, 0.05) is 6.54 Å². The van der Waals surface area contributed by atoms with Crippen LogP contribution in [-0.2, 0) is 10.0 Å². The molecule has 0 radical (unpaired) electrons. The lowest BCUT2D eigenvalue weighted by Crippen LogP contribution is -2.27. The molecular weight excluding hydrogens is 346 g/mol. The average Bonchev–Trinajstić information content (AvgIpc) is 2.68. The molecule has 0 amide bonds. The van der Waals surface area contributed by atoms with Gasteiger partial charge in [-0.05, 0) is 47.9 Å². The summed E-state index contributed by atoms with van der Waals surface area (Å²) in [7, 11) is -3.56. The van der Waals surface area contributed by atoms with E-state index in [9.17, 15) is 8.42 Å². The largest absolute Gasteiger partial charge is 0.457 e. The lowest BCUT2D eigenvalue weighted by atomic mass is 10.0. The molecular formula is C21H21NO3S. The Morgan fingerprint density at radius 3 is 1.96 bits per heavy atom. The highest BCUT2D eigenvalue weighted by Gasteiger charge is 2.16. The fourth-order valence-electron chi connectivity index (χ4n) is 2.53. The molecule has 26 heavy (non-hydrogen) atoms. The van der Waals surface area contributed by atoms with Crippen LogP contribution in [0.3, 0.4) is 0 Å². The van der Waals surface area contributed by atoms with Crippen molar-refractivity contribution >= 4 is 10.0 Å². The minimum Gasteiger partial charge on any atom is -0.457 e. The Hall–Kier alpha value is -2.63. The number of nitrogens with one attached hydrogen (secondary N) is 1. The zero-order valence-electron chi connectivity index (χ0n) is 14.5. The highest BCUT2D eigenvalue weighted by atomic mass is 32.2. The van der Waals surface area contributed by atoms with Crippen molar-refractivity contribution < 1.29 is 13.2 Å². The second kappa shape index (κ2) is 8.17. The second-order valence-corrected chi connectivity index (χ2v) is 7.82. The molecule has 134 valence electrons. The normalized spacial score (nSPS) is 12.5. The number of hydrogen-bond acceptors (Lipinski definition) is 3. The molecule has 1 unspecified atom stereocenters. The van der Waals surface area contributed by atoms with E-state index in [0.717, 1.165) is 5.56 Å². The maximum Gasteiger partial charge on any atom is 0.240 e. The molecule has 1 N–H and O–H groups in total. The molecule has 0 heterocycles. The molecule has 0 bridgehead atoms. The number of para-hydroxylation sites is 1. The van der Waals surface area contributed by atoms with Gasteiger partial charge in [-0.25, -0.2) is 13.1 Å². The van der Waals surface area contributed by atoms with Crippen molar-refractivity contribution in [2.45, 2.75) is 17.7 Å². The van der Waals surface area contributed by atoms with E-state index in [-0.39, 0.29) is 10.8 Å². The van der Waals surface area contributed by atoms with Gasteiger partial charge in [-0.2, -0.15) is 0 Å². The summed E-state index contributed by atoms with van der Waals surface area (Å²) in [4.78, 5) is 0.221. The van der Waals surface area contributed by atoms with Gasteiger partial charge in [0.15, 0.2) is 0 Å². The van der Waals surface area contributed by atoms with E-state index in [1.807, 2.05) is 67.6 Å². The molecule has 0 aliphatic carbocycles. The maximum absolute atomic E-state index is 12.5. The number of benzene rings is 3. The van der Waals surface area contributed by atoms with Gasteiger partial charge < -0.3 is 4.74 Å². The van der Waals surface area contributed by atoms with Crippen LogP contribution < -0.4 is 9.46 Å². The van der Waals surface area contributed by atoms with Crippen LogP contribution in [0.1, 0.15) is 18.4 Å². The minimum absolute atomic E-state index is 0.0895. The molecule has 0 spiro atoms. The van der Waals surface area contributed by atoms with Gasteiger partial charge >= 0.3 is 0 Å². The Morgan fingerprint density at radius 1 is 0.808 bits per heavy atom. The Bertz CT molecular complexity index is 924. The fourth-order valence-corrected chi connectivity index (χ4v) is 3.66. The van der Waals surface area contributed by atoms with Crippen LogP contribution in [-0.4, -0.2) is 15.0 Å². The predicted octanol–water partition coefficient (Wildman–Crippen LogP) is 4.56. The number of ether oxygens (including phenoxy) is 1. The quantitative estimate of drug-likeness (QED) is 0.666. The van der Waals surface area contributed by atoms with Gasteiger partial charge in [-0.15, -0.1) is 0 Å². The van der Waals surface area contributed by atoms with Crippen LogP contribution in [0.2, 0.25) is 0 Å². The summed E-state index contributed by atoms with van der Waals surface area (Å²) in [6.45, 7) is 2.34. The molecule has 0 aliphatic rings. The predicted molar refractivity (Wildman–Crippen MR) is 103 cm³/mol. The third-order valence-corrected chi connectivity index (χ3v) is 5.50.